The smallest absolute Gasteiger partial charge is 0.176 e. The highest BCUT2D eigenvalue weighted by atomic mass is 35.5. The molecule has 2 rings (SSSR count). The summed E-state index contributed by atoms with van der Waals surface area (Å²) in [6, 6.07) is 13.6. The Morgan fingerprint density at radius 1 is 1.17 bits per heavy atom. The second-order valence-corrected chi connectivity index (χ2v) is 5.13. The Labute approximate surface area is 114 Å². The van der Waals surface area contributed by atoms with Gasteiger partial charge in [0.15, 0.2) is 5.78 Å². The number of carbonyl (C=O) groups excluding carboxylic acids is 1. The van der Waals surface area contributed by atoms with Gasteiger partial charge in [-0.25, -0.2) is 4.39 Å². The lowest BCUT2D eigenvalue weighted by Gasteiger charge is -2.03. The Balaban J connectivity index is 2.04. The highest BCUT2D eigenvalue weighted by Gasteiger charge is 2.12. The van der Waals surface area contributed by atoms with Crippen molar-refractivity contribution in [2.75, 3.05) is 5.75 Å². The van der Waals surface area contributed by atoms with Crippen LogP contribution >= 0.6 is 23.4 Å². The van der Waals surface area contributed by atoms with Crippen molar-refractivity contribution in [2.24, 2.45) is 0 Å². The summed E-state index contributed by atoms with van der Waals surface area (Å²) >= 11 is 7.03. The molecule has 2 aromatic carbocycles. The number of thioether (sulfide) groups is 1. The summed E-state index contributed by atoms with van der Waals surface area (Å²) in [5.41, 5.74) is 0.0860. The molecule has 0 aliphatic heterocycles. The maximum atomic E-state index is 13.5. The molecule has 0 radical (unpaired) electrons. The molecular formula is C14H10ClFOS. The van der Waals surface area contributed by atoms with Crippen molar-refractivity contribution in [1.82, 2.24) is 0 Å². The van der Waals surface area contributed by atoms with Crippen molar-refractivity contribution >= 4 is 29.1 Å². The minimum absolute atomic E-state index is 0.0860. The fourth-order valence-corrected chi connectivity index (χ4v) is 2.42. The van der Waals surface area contributed by atoms with Crippen LogP contribution < -0.4 is 0 Å². The number of carbonyl (C=O) groups is 1. The molecule has 4 heteroatoms. The molecular weight excluding hydrogens is 271 g/mol. The molecule has 0 aromatic heterocycles. The standard InChI is InChI=1S/C14H10ClFOS/c15-10-6-7-12(13(16)8-10)14(17)9-18-11-4-2-1-3-5-11/h1-8H,9H2. The van der Waals surface area contributed by atoms with E-state index in [9.17, 15) is 9.18 Å². The van der Waals surface area contributed by atoms with Crippen LogP contribution in [-0.2, 0) is 0 Å². The first-order chi connectivity index (χ1) is 8.66. The van der Waals surface area contributed by atoms with Crippen LogP contribution in [-0.4, -0.2) is 11.5 Å². The zero-order valence-corrected chi connectivity index (χ0v) is 11.0. The van der Waals surface area contributed by atoms with Gasteiger partial charge in [-0.15, -0.1) is 11.8 Å². The summed E-state index contributed by atoms with van der Waals surface area (Å²) in [6.45, 7) is 0. The van der Waals surface area contributed by atoms with Gasteiger partial charge < -0.3 is 0 Å². The van der Waals surface area contributed by atoms with E-state index in [0.717, 1.165) is 11.0 Å². The number of halogens is 2. The van der Waals surface area contributed by atoms with Crippen LogP contribution in [0.2, 0.25) is 5.02 Å². The number of rotatable bonds is 4. The third-order valence-corrected chi connectivity index (χ3v) is 3.59. The van der Waals surface area contributed by atoms with Crippen molar-refractivity contribution < 1.29 is 9.18 Å². The molecule has 0 aliphatic rings. The second-order valence-electron chi connectivity index (χ2n) is 3.65. The molecule has 1 nitrogen and oxygen atoms in total. The van der Waals surface area contributed by atoms with Gasteiger partial charge in [-0.05, 0) is 30.3 Å². The van der Waals surface area contributed by atoms with E-state index in [4.69, 9.17) is 11.6 Å². The Morgan fingerprint density at radius 2 is 1.89 bits per heavy atom. The van der Waals surface area contributed by atoms with E-state index in [1.807, 2.05) is 30.3 Å². The van der Waals surface area contributed by atoms with E-state index < -0.39 is 5.82 Å². The zero-order chi connectivity index (χ0) is 13.0. The van der Waals surface area contributed by atoms with Crippen LogP contribution in [0.15, 0.2) is 53.4 Å². The van der Waals surface area contributed by atoms with Gasteiger partial charge in [-0.2, -0.15) is 0 Å². The predicted octanol–water partition coefficient (Wildman–Crippen LogP) is 4.45. The van der Waals surface area contributed by atoms with E-state index in [1.165, 1.54) is 23.9 Å². The maximum Gasteiger partial charge on any atom is 0.176 e. The van der Waals surface area contributed by atoms with Gasteiger partial charge in [-0.3, -0.25) is 4.79 Å². The largest absolute Gasteiger partial charge is 0.293 e. The summed E-state index contributed by atoms with van der Waals surface area (Å²) < 4.78 is 13.5. The highest BCUT2D eigenvalue weighted by Crippen LogP contribution is 2.21. The zero-order valence-electron chi connectivity index (χ0n) is 9.40. The Morgan fingerprint density at radius 3 is 2.56 bits per heavy atom. The number of ketones is 1. The molecule has 18 heavy (non-hydrogen) atoms. The molecule has 0 spiro atoms. The predicted molar refractivity (Wildman–Crippen MR) is 72.9 cm³/mol. The van der Waals surface area contributed by atoms with Gasteiger partial charge in [0, 0.05) is 9.92 Å². The van der Waals surface area contributed by atoms with E-state index in [2.05, 4.69) is 0 Å². The first kappa shape index (κ1) is 13.1. The summed E-state index contributed by atoms with van der Waals surface area (Å²) in [7, 11) is 0. The minimum atomic E-state index is -0.568. The lowest BCUT2D eigenvalue weighted by molar-refractivity contribution is 0.101. The third kappa shape index (κ3) is 3.34. The first-order valence-electron chi connectivity index (χ1n) is 5.33. The molecule has 0 saturated carbocycles. The normalized spacial score (nSPS) is 10.3. The summed E-state index contributed by atoms with van der Waals surface area (Å²) in [5, 5.41) is 0.291. The molecule has 92 valence electrons. The molecule has 0 heterocycles. The molecule has 0 saturated heterocycles. The Kier molecular flexibility index (Phi) is 4.39. The van der Waals surface area contributed by atoms with Crippen molar-refractivity contribution in [1.29, 1.82) is 0 Å². The monoisotopic (exact) mass is 280 g/mol. The van der Waals surface area contributed by atoms with Crippen LogP contribution in [0.1, 0.15) is 10.4 Å². The highest BCUT2D eigenvalue weighted by molar-refractivity contribution is 8.00. The molecule has 0 amide bonds. The fourth-order valence-electron chi connectivity index (χ4n) is 1.46. The number of hydrogen-bond donors (Lipinski definition) is 0. The molecule has 2 aromatic rings. The van der Waals surface area contributed by atoms with E-state index in [0.29, 0.717) is 5.02 Å². The Bertz CT molecular complexity index is 557. The van der Waals surface area contributed by atoms with E-state index in [-0.39, 0.29) is 17.1 Å². The van der Waals surface area contributed by atoms with Crippen molar-refractivity contribution in [3.63, 3.8) is 0 Å². The Hall–Kier alpha value is -1.32. The maximum absolute atomic E-state index is 13.5. The lowest BCUT2D eigenvalue weighted by atomic mass is 10.1. The first-order valence-corrected chi connectivity index (χ1v) is 6.69. The molecule has 0 aliphatic carbocycles. The molecule has 0 fully saturated rings. The van der Waals surface area contributed by atoms with Gasteiger partial charge in [0.2, 0.25) is 0 Å². The van der Waals surface area contributed by atoms with Crippen LogP contribution in [0.25, 0.3) is 0 Å². The molecule has 0 bridgehead atoms. The van der Waals surface area contributed by atoms with Crippen LogP contribution in [0, 0.1) is 5.82 Å². The number of Topliss-reactive ketones (excluding diaryl/α,β-unsaturated/α-hetero) is 1. The summed E-state index contributed by atoms with van der Waals surface area (Å²) in [4.78, 5) is 12.8. The van der Waals surface area contributed by atoms with Crippen LogP contribution in [0.5, 0.6) is 0 Å². The van der Waals surface area contributed by atoms with Gasteiger partial charge >= 0.3 is 0 Å². The van der Waals surface area contributed by atoms with Crippen LogP contribution in [0.3, 0.4) is 0 Å². The van der Waals surface area contributed by atoms with Crippen molar-refractivity contribution in [3.8, 4) is 0 Å². The fraction of sp³-hybridized carbons (Fsp3) is 0.0714. The third-order valence-electron chi connectivity index (χ3n) is 2.34. The molecule has 0 atom stereocenters. The molecule has 0 N–H and O–H groups in total. The van der Waals surface area contributed by atoms with Crippen LogP contribution in [0.4, 0.5) is 4.39 Å². The van der Waals surface area contributed by atoms with Gasteiger partial charge in [0.25, 0.3) is 0 Å². The van der Waals surface area contributed by atoms with Gasteiger partial charge in [-0.1, -0.05) is 29.8 Å². The van der Waals surface area contributed by atoms with E-state index >= 15 is 0 Å². The van der Waals surface area contributed by atoms with Gasteiger partial charge in [0.05, 0.1) is 11.3 Å². The summed E-state index contributed by atoms with van der Waals surface area (Å²) in [6.07, 6.45) is 0. The second kappa shape index (κ2) is 6.03. The van der Waals surface area contributed by atoms with Gasteiger partial charge in [0.1, 0.15) is 5.82 Å². The molecule has 0 unspecified atom stereocenters. The van der Waals surface area contributed by atoms with E-state index in [1.54, 1.807) is 0 Å². The SMILES string of the molecule is O=C(CSc1ccccc1)c1ccc(Cl)cc1F. The van der Waals surface area contributed by atoms with Crippen molar-refractivity contribution in [2.45, 2.75) is 4.90 Å². The number of benzene rings is 2. The quantitative estimate of drug-likeness (QED) is 0.608. The summed E-state index contributed by atoms with van der Waals surface area (Å²) in [5.74, 6) is -0.595. The lowest BCUT2D eigenvalue weighted by Crippen LogP contribution is -2.05. The average Bonchev–Trinajstić information content (AvgIpc) is 2.37. The number of hydrogen-bond acceptors (Lipinski definition) is 2. The van der Waals surface area contributed by atoms with Crippen molar-refractivity contribution in [3.05, 3.63) is 64.9 Å². The average molecular weight is 281 g/mol. The minimum Gasteiger partial charge on any atom is -0.293 e. The topological polar surface area (TPSA) is 17.1 Å².